The summed E-state index contributed by atoms with van der Waals surface area (Å²) in [5, 5.41) is 4.19. The molecule has 0 unspecified atom stereocenters. The van der Waals surface area contributed by atoms with E-state index in [1.807, 2.05) is 32.0 Å². The second-order valence-corrected chi connectivity index (χ2v) is 7.00. The van der Waals surface area contributed by atoms with Crippen molar-refractivity contribution in [1.82, 2.24) is 10.1 Å². The van der Waals surface area contributed by atoms with Gasteiger partial charge in [-0.25, -0.2) is 0 Å². The average molecular weight is 356 g/mol. The summed E-state index contributed by atoms with van der Waals surface area (Å²) in [7, 11) is 0. The number of amides is 1. The Morgan fingerprint density at radius 1 is 1.23 bits per heavy atom. The summed E-state index contributed by atoms with van der Waals surface area (Å²) >= 11 is 0. The molecular weight excluding hydrogens is 336 g/mol. The van der Waals surface area contributed by atoms with Crippen LogP contribution in [0.1, 0.15) is 31.6 Å². The molecule has 136 valence electrons. The smallest absolute Gasteiger partial charge is 0.290 e. The van der Waals surface area contributed by atoms with E-state index in [1.165, 1.54) is 0 Å². The van der Waals surface area contributed by atoms with Gasteiger partial charge in [-0.2, -0.15) is 0 Å². The molecule has 0 saturated heterocycles. The Bertz CT molecular complexity index is 871. The number of hydrogen-bond acceptors (Lipinski definition) is 6. The lowest BCUT2D eigenvalue weighted by atomic mass is 10.00. The van der Waals surface area contributed by atoms with Crippen molar-refractivity contribution < 1.29 is 23.6 Å². The number of aromatic nitrogens is 1. The monoisotopic (exact) mass is 356 g/mol. The second kappa shape index (κ2) is 6.48. The van der Waals surface area contributed by atoms with Crippen LogP contribution in [-0.2, 0) is 22.6 Å². The van der Waals surface area contributed by atoms with Crippen molar-refractivity contribution in [3.63, 3.8) is 0 Å². The number of carbonyl (C=O) groups is 2. The first-order valence-corrected chi connectivity index (χ1v) is 8.72. The van der Waals surface area contributed by atoms with Gasteiger partial charge in [0.2, 0.25) is 12.6 Å². The summed E-state index contributed by atoms with van der Waals surface area (Å²) in [6, 6.07) is 5.57. The van der Waals surface area contributed by atoms with Crippen molar-refractivity contribution in [3.05, 3.63) is 29.5 Å². The molecule has 0 fully saturated rings. The minimum atomic E-state index is -0.429. The van der Waals surface area contributed by atoms with Crippen LogP contribution in [0.15, 0.2) is 22.7 Å². The lowest BCUT2D eigenvalue weighted by Gasteiger charge is -2.25. The van der Waals surface area contributed by atoms with Crippen molar-refractivity contribution >= 4 is 11.7 Å². The highest BCUT2D eigenvalue weighted by atomic mass is 16.7. The first-order chi connectivity index (χ1) is 12.5. The zero-order valence-corrected chi connectivity index (χ0v) is 14.8. The third-order valence-corrected chi connectivity index (χ3v) is 4.59. The molecule has 0 saturated carbocycles. The van der Waals surface area contributed by atoms with E-state index < -0.39 is 5.91 Å². The predicted molar refractivity (Wildman–Crippen MR) is 91.6 cm³/mol. The van der Waals surface area contributed by atoms with Gasteiger partial charge < -0.3 is 18.9 Å². The van der Waals surface area contributed by atoms with Crippen LogP contribution >= 0.6 is 0 Å². The molecule has 2 aromatic rings. The summed E-state index contributed by atoms with van der Waals surface area (Å²) in [4.78, 5) is 26.2. The summed E-state index contributed by atoms with van der Waals surface area (Å²) in [5.74, 6) is 1.51. The maximum Gasteiger partial charge on any atom is 0.290 e. The van der Waals surface area contributed by atoms with Gasteiger partial charge in [-0.1, -0.05) is 19.0 Å². The molecule has 26 heavy (non-hydrogen) atoms. The van der Waals surface area contributed by atoms with E-state index in [0.29, 0.717) is 36.7 Å². The van der Waals surface area contributed by atoms with Crippen molar-refractivity contribution in [3.8, 4) is 22.8 Å². The highest BCUT2D eigenvalue weighted by Gasteiger charge is 2.31. The minimum Gasteiger partial charge on any atom is -0.454 e. The quantitative estimate of drug-likeness (QED) is 0.783. The molecule has 0 bridgehead atoms. The second-order valence-electron chi connectivity index (χ2n) is 7.00. The fraction of sp³-hybridized carbons (Fsp3) is 0.421. The molecule has 1 aromatic heterocycles. The number of rotatable bonds is 4. The van der Waals surface area contributed by atoms with Crippen LogP contribution in [0.4, 0.5) is 0 Å². The molecule has 0 N–H and O–H groups in total. The molecule has 7 nitrogen and oxygen atoms in total. The summed E-state index contributed by atoms with van der Waals surface area (Å²) < 4.78 is 16.2. The van der Waals surface area contributed by atoms with E-state index in [4.69, 9.17) is 14.0 Å². The topological polar surface area (TPSA) is 81.9 Å². The highest BCUT2D eigenvalue weighted by molar-refractivity contribution is 6.36. The third-order valence-electron chi connectivity index (χ3n) is 4.59. The number of carbonyl (C=O) groups excluding carboxylic acids is 2. The SMILES string of the molecule is CC(C)CC(=O)C(=O)N1CCc2onc(-c3ccc4c(c3)OCO4)c2C1. The Hall–Kier alpha value is -2.83. The van der Waals surface area contributed by atoms with Gasteiger partial charge in [0.15, 0.2) is 11.5 Å². The lowest BCUT2D eigenvalue weighted by molar-refractivity contribution is -0.145. The van der Waals surface area contributed by atoms with Gasteiger partial charge in [0.1, 0.15) is 11.5 Å². The maximum atomic E-state index is 12.5. The lowest BCUT2D eigenvalue weighted by Crippen LogP contribution is -2.40. The fourth-order valence-corrected chi connectivity index (χ4v) is 3.29. The molecule has 4 rings (SSSR count). The Morgan fingerprint density at radius 2 is 2.04 bits per heavy atom. The maximum absolute atomic E-state index is 12.5. The molecule has 7 heteroatoms. The molecule has 0 atom stereocenters. The summed E-state index contributed by atoms with van der Waals surface area (Å²) in [5.41, 5.74) is 2.36. The van der Waals surface area contributed by atoms with Crippen LogP contribution in [0.3, 0.4) is 0 Å². The number of hydrogen-bond donors (Lipinski definition) is 0. The van der Waals surface area contributed by atoms with E-state index in [1.54, 1.807) is 4.90 Å². The molecule has 2 aliphatic rings. The zero-order valence-electron chi connectivity index (χ0n) is 14.8. The van der Waals surface area contributed by atoms with Gasteiger partial charge in [-0.15, -0.1) is 0 Å². The number of Topliss-reactive ketones (excluding diaryl/α,β-unsaturated/α-hetero) is 1. The molecule has 3 heterocycles. The van der Waals surface area contributed by atoms with Gasteiger partial charge >= 0.3 is 0 Å². The molecule has 0 radical (unpaired) electrons. The van der Waals surface area contributed by atoms with E-state index in [0.717, 1.165) is 16.9 Å². The molecule has 0 aliphatic carbocycles. The largest absolute Gasteiger partial charge is 0.454 e. The van der Waals surface area contributed by atoms with Crippen LogP contribution < -0.4 is 9.47 Å². The van der Waals surface area contributed by atoms with Crippen molar-refractivity contribution in [2.45, 2.75) is 33.2 Å². The summed E-state index contributed by atoms with van der Waals surface area (Å²) in [6.07, 6.45) is 0.814. The molecular formula is C19H20N2O5. The van der Waals surface area contributed by atoms with Crippen molar-refractivity contribution in [1.29, 1.82) is 0 Å². The van der Waals surface area contributed by atoms with Gasteiger partial charge in [-0.05, 0) is 24.1 Å². The Balaban J connectivity index is 1.59. The number of nitrogens with zero attached hydrogens (tertiary/aromatic N) is 2. The Labute approximate surface area is 150 Å². The van der Waals surface area contributed by atoms with Gasteiger partial charge in [0, 0.05) is 30.5 Å². The first kappa shape index (κ1) is 16.6. The number of ketones is 1. The molecule has 0 spiro atoms. The van der Waals surface area contributed by atoms with Crippen molar-refractivity contribution in [2.24, 2.45) is 5.92 Å². The minimum absolute atomic E-state index is 0.159. The molecule has 1 amide bonds. The zero-order chi connectivity index (χ0) is 18.3. The van der Waals surface area contributed by atoms with Crippen LogP contribution in [0, 0.1) is 5.92 Å². The Kier molecular flexibility index (Phi) is 4.14. The van der Waals surface area contributed by atoms with E-state index in [-0.39, 0.29) is 24.9 Å². The van der Waals surface area contributed by atoms with E-state index in [2.05, 4.69) is 5.16 Å². The van der Waals surface area contributed by atoms with Crippen LogP contribution in [0.2, 0.25) is 0 Å². The number of fused-ring (bicyclic) bond motifs is 2. The highest BCUT2D eigenvalue weighted by Crippen LogP contribution is 2.38. The number of benzene rings is 1. The van der Waals surface area contributed by atoms with Crippen LogP contribution in [-0.4, -0.2) is 35.1 Å². The predicted octanol–water partition coefficient (Wildman–Crippen LogP) is 2.57. The van der Waals surface area contributed by atoms with Gasteiger partial charge in [0.05, 0.1) is 6.54 Å². The fourth-order valence-electron chi connectivity index (χ4n) is 3.29. The normalized spacial score (nSPS) is 15.3. The summed E-state index contributed by atoms with van der Waals surface area (Å²) in [6.45, 7) is 4.85. The van der Waals surface area contributed by atoms with Crippen LogP contribution in [0.5, 0.6) is 11.5 Å². The molecule has 2 aliphatic heterocycles. The average Bonchev–Trinajstić information content (AvgIpc) is 3.25. The first-order valence-electron chi connectivity index (χ1n) is 8.72. The van der Waals surface area contributed by atoms with E-state index >= 15 is 0 Å². The van der Waals surface area contributed by atoms with Gasteiger partial charge in [0.25, 0.3) is 5.91 Å². The van der Waals surface area contributed by atoms with E-state index in [9.17, 15) is 9.59 Å². The Morgan fingerprint density at radius 3 is 2.85 bits per heavy atom. The van der Waals surface area contributed by atoms with Crippen LogP contribution in [0.25, 0.3) is 11.3 Å². The number of ether oxygens (including phenoxy) is 2. The standard InChI is InChI=1S/C19H20N2O5/c1-11(2)7-14(22)19(23)21-6-5-15-13(9-21)18(20-26-15)12-3-4-16-17(8-12)25-10-24-16/h3-4,8,11H,5-7,9-10H2,1-2H3. The molecule has 1 aromatic carbocycles. The van der Waals surface area contributed by atoms with Crippen molar-refractivity contribution in [2.75, 3.05) is 13.3 Å². The third kappa shape index (κ3) is 2.94. The van der Waals surface area contributed by atoms with Gasteiger partial charge in [-0.3, -0.25) is 9.59 Å².